The highest BCUT2D eigenvalue weighted by molar-refractivity contribution is 7.22. The Morgan fingerprint density at radius 2 is 2.04 bits per heavy atom. The molecule has 0 radical (unpaired) electrons. The average Bonchev–Trinajstić information content (AvgIpc) is 3.28. The second-order valence-electron chi connectivity index (χ2n) is 6.15. The zero-order valence-corrected chi connectivity index (χ0v) is 15.7. The number of ether oxygens (including phenoxy) is 1. The number of carbonyl (C=O) groups excluding carboxylic acids is 1. The van der Waals surface area contributed by atoms with Crippen molar-refractivity contribution in [1.82, 2.24) is 19.7 Å². The third-order valence-electron chi connectivity index (χ3n) is 4.55. The summed E-state index contributed by atoms with van der Waals surface area (Å²) in [5, 5.41) is 5.07. The lowest BCUT2D eigenvalue weighted by atomic mass is 10.3. The van der Waals surface area contributed by atoms with Crippen LogP contribution in [0, 0.1) is 0 Å². The number of aryl methyl sites for hydroxylation is 1. The Labute approximate surface area is 155 Å². The quantitative estimate of drug-likeness (QED) is 0.705. The number of amides is 1. The van der Waals surface area contributed by atoms with Crippen molar-refractivity contribution in [2.24, 2.45) is 7.05 Å². The van der Waals surface area contributed by atoms with Crippen LogP contribution in [0.4, 0.5) is 5.13 Å². The van der Waals surface area contributed by atoms with Crippen LogP contribution < -0.4 is 9.64 Å². The smallest absolute Gasteiger partial charge is 0.272 e. The highest BCUT2D eigenvalue weighted by Gasteiger charge is 2.25. The van der Waals surface area contributed by atoms with E-state index in [1.165, 1.54) is 0 Å². The first-order valence-electron chi connectivity index (χ1n) is 8.72. The molecule has 0 spiro atoms. The van der Waals surface area contributed by atoms with Gasteiger partial charge in [-0.15, -0.1) is 0 Å². The van der Waals surface area contributed by atoms with Gasteiger partial charge in [-0.05, 0) is 25.1 Å². The van der Waals surface area contributed by atoms with Gasteiger partial charge in [0.15, 0.2) is 5.13 Å². The van der Waals surface area contributed by atoms with Crippen molar-refractivity contribution in [3.05, 3.63) is 36.2 Å². The third-order valence-corrected chi connectivity index (χ3v) is 5.63. The van der Waals surface area contributed by atoms with E-state index < -0.39 is 0 Å². The Kier molecular flexibility index (Phi) is 4.50. The van der Waals surface area contributed by atoms with Crippen molar-refractivity contribution < 1.29 is 9.53 Å². The van der Waals surface area contributed by atoms with E-state index in [0.29, 0.717) is 25.4 Å². The van der Waals surface area contributed by atoms with E-state index in [1.54, 1.807) is 35.3 Å². The van der Waals surface area contributed by atoms with Gasteiger partial charge in [0.05, 0.1) is 11.3 Å². The fraction of sp³-hybridized carbons (Fsp3) is 0.389. The summed E-state index contributed by atoms with van der Waals surface area (Å²) in [7, 11) is 1.79. The molecule has 1 amide bonds. The first kappa shape index (κ1) is 16.8. The molecule has 0 saturated carbocycles. The molecule has 2 aromatic heterocycles. The Balaban J connectivity index is 1.48. The number of fused-ring (bicyclic) bond motifs is 1. The molecular formula is C18H21N5O2S. The lowest BCUT2D eigenvalue weighted by Gasteiger charge is -2.34. The standard InChI is InChI=1S/C18H21N5O2S/c1-3-25-14-5-4-6-15-16(14)20-18(26-15)23-11-9-22(10-12-23)17(24)13-7-8-19-21(13)2/h4-8H,3,9-12H2,1-2H3. The van der Waals surface area contributed by atoms with E-state index in [2.05, 4.69) is 16.1 Å². The third kappa shape index (κ3) is 3.01. The van der Waals surface area contributed by atoms with E-state index in [-0.39, 0.29) is 5.91 Å². The summed E-state index contributed by atoms with van der Waals surface area (Å²) in [6.07, 6.45) is 1.65. The Bertz CT molecular complexity index is 927. The van der Waals surface area contributed by atoms with Crippen LogP contribution in [0.3, 0.4) is 0 Å². The van der Waals surface area contributed by atoms with Crippen LogP contribution in [0.15, 0.2) is 30.5 Å². The lowest BCUT2D eigenvalue weighted by molar-refractivity contribution is 0.0735. The molecule has 7 nitrogen and oxygen atoms in total. The normalized spacial score (nSPS) is 14.8. The minimum Gasteiger partial charge on any atom is -0.492 e. The number of aromatic nitrogens is 3. The summed E-state index contributed by atoms with van der Waals surface area (Å²) in [5.41, 5.74) is 1.54. The van der Waals surface area contributed by atoms with Gasteiger partial charge in [-0.1, -0.05) is 17.4 Å². The number of thiazole rings is 1. The van der Waals surface area contributed by atoms with Crippen LogP contribution in [0.2, 0.25) is 0 Å². The van der Waals surface area contributed by atoms with E-state index >= 15 is 0 Å². The first-order chi connectivity index (χ1) is 12.7. The predicted molar refractivity (Wildman–Crippen MR) is 102 cm³/mol. The van der Waals surface area contributed by atoms with Crippen LogP contribution in [-0.4, -0.2) is 58.4 Å². The summed E-state index contributed by atoms with van der Waals surface area (Å²) >= 11 is 1.67. The predicted octanol–water partition coefficient (Wildman–Crippen LogP) is 2.39. The molecule has 26 heavy (non-hydrogen) atoms. The van der Waals surface area contributed by atoms with Gasteiger partial charge in [-0.3, -0.25) is 9.48 Å². The lowest BCUT2D eigenvalue weighted by Crippen LogP contribution is -2.49. The van der Waals surface area contributed by atoms with E-state index in [9.17, 15) is 4.79 Å². The van der Waals surface area contributed by atoms with E-state index in [0.717, 1.165) is 34.2 Å². The maximum absolute atomic E-state index is 12.6. The molecule has 3 aromatic rings. The molecular weight excluding hydrogens is 350 g/mol. The summed E-state index contributed by atoms with van der Waals surface area (Å²) in [6.45, 7) is 5.50. The fourth-order valence-corrected chi connectivity index (χ4v) is 4.20. The van der Waals surface area contributed by atoms with E-state index in [1.807, 2.05) is 24.0 Å². The molecule has 1 fully saturated rings. The SMILES string of the molecule is CCOc1cccc2sc(N3CCN(C(=O)c4ccnn4C)CC3)nc12. The Morgan fingerprint density at radius 1 is 1.23 bits per heavy atom. The number of para-hydroxylation sites is 1. The molecule has 1 aliphatic heterocycles. The van der Waals surface area contributed by atoms with Gasteiger partial charge in [0.2, 0.25) is 0 Å². The maximum Gasteiger partial charge on any atom is 0.272 e. The molecule has 3 heterocycles. The minimum atomic E-state index is 0.0348. The first-order valence-corrected chi connectivity index (χ1v) is 9.53. The zero-order chi connectivity index (χ0) is 18.1. The molecule has 1 saturated heterocycles. The second-order valence-corrected chi connectivity index (χ2v) is 7.16. The zero-order valence-electron chi connectivity index (χ0n) is 14.9. The van der Waals surface area contributed by atoms with Gasteiger partial charge >= 0.3 is 0 Å². The van der Waals surface area contributed by atoms with Crippen LogP contribution in [0.5, 0.6) is 5.75 Å². The molecule has 136 valence electrons. The molecule has 1 aliphatic rings. The highest BCUT2D eigenvalue weighted by atomic mass is 32.1. The molecule has 0 N–H and O–H groups in total. The molecule has 4 rings (SSSR count). The molecule has 8 heteroatoms. The Morgan fingerprint density at radius 3 is 2.73 bits per heavy atom. The number of anilines is 1. The number of rotatable bonds is 4. The molecule has 0 atom stereocenters. The number of benzene rings is 1. The summed E-state index contributed by atoms with van der Waals surface area (Å²) in [5.74, 6) is 0.866. The van der Waals surface area contributed by atoms with Crippen molar-refractivity contribution in [3.63, 3.8) is 0 Å². The number of hydrogen-bond acceptors (Lipinski definition) is 6. The number of nitrogens with zero attached hydrogens (tertiary/aromatic N) is 5. The monoisotopic (exact) mass is 371 g/mol. The van der Waals surface area contributed by atoms with Gasteiger partial charge in [0.1, 0.15) is 17.0 Å². The minimum absolute atomic E-state index is 0.0348. The average molecular weight is 371 g/mol. The van der Waals surface area contributed by atoms with Gasteiger partial charge in [0, 0.05) is 39.4 Å². The summed E-state index contributed by atoms with van der Waals surface area (Å²) < 4.78 is 8.43. The van der Waals surface area contributed by atoms with Crippen molar-refractivity contribution in [2.45, 2.75) is 6.92 Å². The maximum atomic E-state index is 12.6. The largest absolute Gasteiger partial charge is 0.492 e. The van der Waals surface area contributed by atoms with Crippen LogP contribution >= 0.6 is 11.3 Å². The van der Waals surface area contributed by atoms with Gasteiger partial charge in [-0.2, -0.15) is 5.10 Å². The van der Waals surface area contributed by atoms with Crippen LogP contribution in [0.25, 0.3) is 10.2 Å². The Hall–Kier alpha value is -2.61. The molecule has 0 unspecified atom stereocenters. The second kappa shape index (κ2) is 6.95. The molecule has 0 aliphatic carbocycles. The van der Waals surface area contributed by atoms with Crippen molar-refractivity contribution in [1.29, 1.82) is 0 Å². The van der Waals surface area contributed by atoms with Crippen molar-refractivity contribution in [3.8, 4) is 5.75 Å². The van der Waals surface area contributed by atoms with Gasteiger partial charge in [0.25, 0.3) is 5.91 Å². The highest BCUT2D eigenvalue weighted by Crippen LogP contribution is 2.34. The van der Waals surface area contributed by atoms with Crippen LogP contribution in [-0.2, 0) is 7.05 Å². The van der Waals surface area contributed by atoms with Gasteiger partial charge in [-0.25, -0.2) is 4.98 Å². The summed E-state index contributed by atoms with van der Waals surface area (Å²) in [6, 6.07) is 7.79. The van der Waals surface area contributed by atoms with Crippen molar-refractivity contribution in [2.75, 3.05) is 37.7 Å². The summed E-state index contributed by atoms with van der Waals surface area (Å²) in [4.78, 5) is 21.5. The van der Waals surface area contributed by atoms with Crippen LogP contribution in [0.1, 0.15) is 17.4 Å². The number of carbonyl (C=O) groups is 1. The van der Waals surface area contributed by atoms with Gasteiger partial charge < -0.3 is 14.5 Å². The topological polar surface area (TPSA) is 63.5 Å². The molecule has 1 aromatic carbocycles. The number of hydrogen-bond donors (Lipinski definition) is 0. The fourth-order valence-electron chi connectivity index (χ4n) is 3.17. The molecule has 0 bridgehead atoms. The van der Waals surface area contributed by atoms with E-state index in [4.69, 9.17) is 9.72 Å². The number of piperazine rings is 1. The van der Waals surface area contributed by atoms with Crippen molar-refractivity contribution >= 4 is 32.6 Å².